The van der Waals surface area contributed by atoms with E-state index in [2.05, 4.69) is 11.1 Å². The van der Waals surface area contributed by atoms with Gasteiger partial charge in [0.05, 0.1) is 25.6 Å². The van der Waals surface area contributed by atoms with E-state index < -0.39 is 0 Å². The van der Waals surface area contributed by atoms with Crippen LogP contribution in [-0.4, -0.2) is 34.7 Å². The number of allylic oxidation sites excluding steroid dienone is 2. The third-order valence-corrected chi connectivity index (χ3v) is 4.16. The van der Waals surface area contributed by atoms with Gasteiger partial charge >= 0.3 is 0 Å². The van der Waals surface area contributed by atoms with Gasteiger partial charge < -0.3 is 19.1 Å². The minimum Gasteiger partial charge on any atom is -0.540 e. The number of aromatic nitrogens is 2. The van der Waals surface area contributed by atoms with Gasteiger partial charge in [-0.3, -0.25) is 9.78 Å². The summed E-state index contributed by atoms with van der Waals surface area (Å²) in [6.07, 6.45) is 3.62. The number of carbonyl (C=O) groups is 1. The van der Waals surface area contributed by atoms with Gasteiger partial charge in [0.15, 0.2) is 5.78 Å². The zero-order valence-electron chi connectivity index (χ0n) is 17.6. The topological polar surface area (TPSA) is 73.6 Å². The number of ether oxygens (including phenoxy) is 2. The third-order valence-electron chi connectivity index (χ3n) is 4.16. The van der Waals surface area contributed by atoms with E-state index in [1.165, 1.54) is 13.8 Å². The Labute approximate surface area is 190 Å². The van der Waals surface area contributed by atoms with Crippen LogP contribution < -0.4 is 9.47 Å². The standard InChI is InChI=1S/C12H13N2O2.C11H12O2.Ir/c1-14-7-6-13-12(14)10-5-4-9(15-2)8-11(10)16-3;1-8(12)11(9(2)13)10-6-4-3-5-7-10;/h4,6-8H,1-3H3;3-7,12H,1-2H3;/q-1;;/b;11-8+;. The number of hydrogen-bond acceptors (Lipinski definition) is 5. The van der Waals surface area contributed by atoms with Crippen LogP contribution in [0.15, 0.2) is 60.6 Å². The Balaban J connectivity index is 0.000000297. The molecule has 1 aromatic heterocycles. The summed E-state index contributed by atoms with van der Waals surface area (Å²) < 4.78 is 12.3. The number of nitrogens with zero attached hydrogens (tertiary/aromatic N) is 2. The summed E-state index contributed by atoms with van der Waals surface area (Å²) in [6.45, 7) is 2.96. The first kappa shape index (κ1) is 25.1. The summed E-state index contributed by atoms with van der Waals surface area (Å²) in [4.78, 5) is 15.4. The third kappa shape index (κ3) is 6.31. The maximum Gasteiger partial charge on any atom is 0.163 e. The molecule has 0 aliphatic rings. The summed E-state index contributed by atoms with van der Waals surface area (Å²) in [5.74, 6) is 2.19. The molecule has 0 saturated heterocycles. The minimum atomic E-state index is -0.119. The molecule has 0 aliphatic heterocycles. The summed E-state index contributed by atoms with van der Waals surface area (Å²) in [5.41, 5.74) is 1.98. The summed E-state index contributed by atoms with van der Waals surface area (Å²) in [7, 11) is 5.16. The molecule has 1 heterocycles. The number of aliphatic hydroxyl groups excluding tert-OH is 1. The molecular formula is C23H25IrN2O4-. The molecule has 3 rings (SSSR count). The average Bonchev–Trinajstić information content (AvgIpc) is 3.14. The average molecular weight is 586 g/mol. The normalized spacial score (nSPS) is 10.7. The molecule has 0 aliphatic carbocycles. The molecule has 30 heavy (non-hydrogen) atoms. The van der Waals surface area contributed by atoms with Crippen LogP contribution >= 0.6 is 0 Å². The smallest absolute Gasteiger partial charge is 0.163 e. The van der Waals surface area contributed by atoms with Crippen LogP contribution in [0.3, 0.4) is 0 Å². The number of aryl methyl sites for hydroxylation is 1. The molecule has 0 fully saturated rings. The second-order valence-electron chi connectivity index (χ2n) is 6.23. The van der Waals surface area contributed by atoms with Crippen molar-refractivity contribution in [3.8, 4) is 22.9 Å². The summed E-state index contributed by atoms with van der Waals surface area (Å²) in [5, 5.41) is 9.29. The first-order valence-corrected chi connectivity index (χ1v) is 8.96. The predicted octanol–water partition coefficient (Wildman–Crippen LogP) is 4.47. The molecule has 0 unspecified atom stereocenters. The monoisotopic (exact) mass is 586 g/mol. The Bertz CT molecular complexity index is 993. The molecule has 1 N–H and O–H groups in total. The molecule has 0 saturated carbocycles. The Hall–Kier alpha value is -2.89. The fraction of sp³-hybridized carbons (Fsp3) is 0.217. The number of methoxy groups -OCH3 is 2. The molecule has 0 bridgehead atoms. The van der Waals surface area contributed by atoms with Gasteiger partial charge in [0, 0.05) is 51.0 Å². The van der Waals surface area contributed by atoms with Gasteiger partial charge in [-0.25, -0.2) is 0 Å². The van der Waals surface area contributed by atoms with E-state index in [1.54, 1.807) is 38.6 Å². The van der Waals surface area contributed by atoms with Crippen molar-refractivity contribution < 1.29 is 39.5 Å². The first-order chi connectivity index (χ1) is 13.9. The number of Topliss-reactive ketones (excluding diaryl/α,β-unsaturated/α-hetero) is 1. The molecule has 6 nitrogen and oxygen atoms in total. The first-order valence-electron chi connectivity index (χ1n) is 8.96. The minimum absolute atomic E-state index is 0. The van der Waals surface area contributed by atoms with Crippen LogP contribution in [0.25, 0.3) is 17.0 Å². The van der Waals surface area contributed by atoms with Crippen LogP contribution in [0.4, 0.5) is 0 Å². The van der Waals surface area contributed by atoms with E-state index in [0.717, 1.165) is 22.7 Å². The van der Waals surface area contributed by atoms with Crippen LogP contribution in [-0.2, 0) is 31.9 Å². The molecule has 0 amide bonds. The predicted molar refractivity (Wildman–Crippen MR) is 113 cm³/mol. The molecule has 3 aromatic rings. The van der Waals surface area contributed by atoms with E-state index in [1.807, 2.05) is 42.1 Å². The van der Waals surface area contributed by atoms with Gasteiger partial charge in [0.25, 0.3) is 0 Å². The number of aliphatic hydroxyl groups is 1. The quantitative estimate of drug-likeness (QED) is 0.272. The number of imidazole rings is 1. The van der Waals surface area contributed by atoms with Crippen molar-refractivity contribution in [3.05, 3.63) is 72.2 Å². The molecular weight excluding hydrogens is 560 g/mol. The number of rotatable bonds is 5. The Kier molecular flexibility index (Phi) is 10.0. The van der Waals surface area contributed by atoms with Crippen molar-refractivity contribution in [1.29, 1.82) is 0 Å². The molecule has 161 valence electrons. The van der Waals surface area contributed by atoms with Gasteiger partial charge in [-0.05, 0) is 19.4 Å². The number of hydrogen-bond donors (Lipinski definition) is 1. The van der Waals surface area contributed by atoms with Gasteiger partial charge in [-0.1, -0.05) is 42.0 Å². The van der Waals surface area contributed by atoms with Crippen molar-refractivity contribution >= 4 is 11.4 Å². The second-order valence-corrected chi connectivity index (χ2v) is 6.23. The Morgan fingerprint density at radius 2 is 1.80 bits per heavy atom. The van der Waals surface area contributed by atoms with Gasteiger partial charge in [0.2, 0.25) is 0 Å². The van der Waals surface area contributed by atoms with E-state index in [0.29, 0.717) is 11.3 Å². The van der Waals surface area contributed by atoms with E-state index >= 15 is 0 Å². The summed E-state index contributed by atoms with van der Waals surface area (Å²) in [6, 6.07) is 15.8. The van der Waals surface area contributed by atoms with E-state index in [9.17, 15) is 9.90 Å². The number of benzene rings is 2. The van der Waals surface area contributed by atoms with Crippen molar-refractivity contribution in [2.75, 3.05) is 14.2 Å². The number of carbonyl (C=O) groups excluding carboxylic acids is 1. The summed E-state index contributed by atoms with van der Waals surface area (Å²) >= 11 is 0. The second kappa shape index (κ2) is 12.0. The fourth-order valence-electron chi connectivity index (χ4n) is 2.79. The van der Waals surface area contributed by atoms with Gasteiger partial charge in [-0.15, -0.1) is 12.1 Å². The van der Waals surface area contributed by atoms with Gasteiger partial charge in [0.1, 0.15) is 5.76 Å². The van der Waals surface area contributed by atoms with Crippen LogP contribution in [0.1, 0.15) is 19.4 Å². The number of ketones is 1. The zero-order chi connectivity index (χ0) is 21.4. The molecule has 2 aromatic carbocycles. The largest absolute Gasteiger partial charge is 0.540 e. The molecule has 1 radical (unpaired) electrons. The molecule has 7 heteroatoms. The Morgan fingerprint density at radius 1 is 1.13 bits per heavy atom. The van der Waals surface area contributed by atoms with Crippen LogP contribution in [0.2, 0.25) is 0 Å². The zero-order valence-corrected chi connectivity index (χ0v) is 20.0. The maximum atomic E-state index is 11.2. The SMILES string of the molecule is CC(=O)/C(=C(/C)O)c1ccccc1.COc1c[c-]c(-c2nccn2C)c(OC)c1.[Ir]. The fourth-order valence-corrected chi connectivity index (χ4v) is 2.79. The van der Waals surface area contributed by atoms with Crippen LogP contribution in [0, 0.1) is 6.07 Å². The van der Waals surface area contributed by atoms with Crippen molar-refractivity contribution in [1.82, 2.24) is 9.55 Å². The molecule has 0 atom stereocenters. The Morgan fingerprint density at radius 3 is 2.27 bits per heavy atom. The van der Waals surface area contributed by atoms with Crippen molar-refractivity contribution in [2.45, 2.75) is 13.8 Å². The molecule has 0 spiro atoms. The van der Waals surface area contributed by atoms with E-state index in [4.69, 9.17) is 9.47 Å². The van der Waals surface area contributed by atoms with Gasteiger partial charge in [-0.2, -0.15) is 0 Å². The van der Waals surface area contributed by atoms with E-state index in [-0.39, 0.29) is 31.6 Å². The maximum absolute atomic E-state index is 11.2. The van der Waals surface area contributed by atoms with Crippen molar-refractivity contribution in [2.24, 2.45) is 7.05 Å². The van der Waals surface area contributed by atoms with Crippen molar-refractivity contribution in [3.63, 3.8) is 0 Å². The van der Waals surface area contributed by atoms with Crippen LogP contribution in [0.5, 0.6) is 11.5 Å².